The topological polar surface area (TPSA) is 48.1 Å². The molecule has 0 saturated carbocycles. The van der Waals surface area contributed by atoms with Crippen molar-refractivity contribution in [2.45, 2.75) is 13.0 Å². The van der Waals surface area contributed by atoms with E-state index in [0.717, 1.165) is 10.9 Å². The van der Waals surface area contributed by atoms with Crippen LogP contribution in [0, 0.1) is 6.07 Å². The third-order valence-electron chi connectivity index (χ3n) is 3.18. The lowest BCUT2D eigenvalue weighted by Gasteiger charge is -2.19. The van der Waals surface area contributed by atoms with E-state index in [1.807, 2.05) is 32.3 Å². The lowest BCUT2D eigenvalue weighted by atomic mass is 10.1. The van der Waals surface area contributed by atoms with Gasteiger partial charge >= 0.3 is 0 Å². The van der Waals surface area contributed by atoms with Crippen molar-refractivity contribution >= 4 is 16.8 Å². The van der Waals surface area contributed by atoms with Crippen LogP contribution in [0.3, 0.4) is 0 Å². The highest BCUT2D eigenvalue weighted by molar-refractivity contribution is 5.97. The first-order valence-electron chi connectivity index (χ1n) is 6.01. The van der Waals surface area contributed by atoms with Crippen LogP contribution in [0.1, 0.15) is 17.3 Å². The number of rotatable bonds is 4. The van der Waals surface area contributed by atoms with E-state index >= 15 is 0 Å². The molecule has 0 bridgehead atoms. The average molecular weight is 244 g/mol. The molecule has 95 valence electrons. The number of hydrogen-bond donors (Lipinski definition) is 2. The molecule has 1 amide bonds. The number of nitrogens with one attached hydrogen (secondary N) is 2. The molecule has 1 aromatic carbocycles. The third-order valence-corrected chi connectivity index (χ3v) is 3.18. The number of fused-ring (bicyclic) bond motifs is 1. The maximum Gasteiger partial charge on any atom is 0.251 e. The quantitative estimate of drug-likeness (QED) is 0.859. The smallest absolute Gasteiger partial charge is 0.251 e. The van der Waals surface area contributed by atoms with Gasteiger partial charge in [-0.2, -0.15) is 0 Å². The van der Waals surface area contributed by atoms with Gasteiger partial charge in [0.1, 0.15) is 0 Å². The predicted octanol–water partition coefficient (Wildman–Crippen LogP) is 1.65. The van der Waals surface area contributed by atoms with Crippen molar-refractivity contribution in [1.82, 2.24) is 15.2 Å². The molecule has 0 aliphatic heterocycles. The van der Waals surface area contributed by atoms with E-state index in [4.69, 9.17) is 0 Å². The van der Waals surface area contributed by atoms with Crippen molar-refractivity contribution in [2.75, 3.05) is 20.6 Å². The molecule has 0 fully saturated rings. The van der Waals surface area contributed by atoms with Crippen LogP contribution >= 0.6 is 0 Å². The number of hydrogen-bond acceptors (Lipinski definition) is 2. The number of aromatic amines is 1. The highest BCUT2D eigenvalue weighted by Gasteiger charge is 2.09. The number of carbonyl (C=O) groups is 1. The number of amides is 1. The predicted molar refractivity (Wildman–Crippen MR) is 72.6 cm³/mol. The van der Waals surface area contributed by atoms with E-state index in [-0.39, 0.29) is 5.91 Å². The molecule has 4 nitrogen and oxygen atoms in total. The van der Waals surface area contributed by atoms with Crippen LogP contribution in [-0.2, 0) is 0 Å². The van der Waals surface area contributed by atoms with Crippen molar-refractivity contribution in [3.63, 3.8) is 0 Å². The molecule has 1 radical (unpaired) electrons. The largest absolute Gasteiger partial charge is 0.361 e. The standard InChI is InChI=1S/C14H18N3O/c1-10(17(2)3)9-16-14(18)12-5-4-11-6-7-15-13(11)8-12/h4-5,7-8,10,15H,9H2,1-3H3,(H,16,18). The van der Waals surface area contributed by atoms with Gasteiger partial charge in [0.15, 0.2) is 0 Å². The molecular weight excluding hydrogens is 226 g/mol. The van der Waals surface area contributed by atoms with E-state index in [0.29, 0.717) is 18.2 Å². The van der Waals surface area contributed by atoms with Crippen molar-refractivity contribution in [2.24, 2.45) is 0 Å². The molecule has 1 atom stereocenters. The number of likely N-dealkylation sites (N-methyl/N-ethyl adjacent to an activating group) is 1. The second kappa shape index (κ2) is 5.23. The molecule has 1 heterocycles. The first kappa shape index (κ1) is 12.6. The first-order valence-corrected chi connectivity index (χ1v) is 6.01. The van der Waals surface area contributed by atoms with Crippen molar-refractivity contribution < 1.29 is 4.79 Å². The third kappa shape index (κ3) is 2.71. The van der Waals surface area contributed by atoms with E-state index in [1.54, 1.807) is 6.20 Å². The lowest BCUT2D eigenvalue weighted by molar-refractivity contribution is 0.0944. The number of nitrogens with zero attached hydrogens (tertiary/aromatic N) is 1. The molecule has 0 aliphatic carbocycles. The number of benzene rings is 1. The average Bonchev–Trinajstić information content (AvgIpc) is 2.82. The van der Waals surface area contributed by atoms with E-state index in [9.17, 15) is 4.79 Å². The summed E-state index contributed by atoms with van der Waals surface area (Å²) in [6.07, 6.45) is 1.75. The summed E-state index contributed by atoms with van der Waals surface area (Å²) in [4.78, 5) is 17.1. The van der Waals surface area contributed by atoms with Gasteiger partial charge in [0, 0.05) is 41.3 Å². The van der Waals surface area contributed by atoms with Crippen molar-refractivity contribution in [3.05, 3.63) is 36.0 Å². The Bertz CT molecular complexity index is 545. The zero-order valence-electron chi connectivity index (χ0n) is 10.9. The Morgan fingerprint density at radius 1 is 1.50 bits per heavy atom. The van der Waals surface area contributed by atoms with Crippen LogP contribution < -0.4 is 5.32 Å². The molecule has 1 unspecified atom stereocenters. The summed E-state index contributed by atoms with van der Waals surface area (Å²) in [5, 5.41) is 3.93. The summed E-state index contributed by atoms with van der Waals surface area (Å²) in [6, 6.07) is 8.94. The SMILES string of the molecule is CC(CNC(=O)c1ccc2[c]c[nH]c2c1)N(C)C. The fourth-order valence-corrected chi connectivity index (χ4v) is 1.65. The monoisotopic (exact) mass is 244 g/mol. The van der Waals surface area contributed by atoms with Crippen LogP contribution in [0.15, 0.2) is 24.4 Å². The van der Waals surface area contributed by atoms with Gasteiger partial charge in [-0.1, -0.05) is 6.07 Å². The molecule has 0 aliphatic rings. The van der Waals surface area contributed by atoms with Crippen LogP contribution in [0.5, 0.6) is 0 Å². The van der Waals surface area contributed by atoms with E-state index in [1.165, 1.54) is 0 Å². The summed E-state index contributed by atoms with van der Waals surface area (Å²) in [7, 11) is 4.00. The fourth-order valence-electron chi connectivity index (χ4n) is 1.65. The van der Waals surface area contributed by atoms with Gasteiger partial charge in [0.25, 0.3) is 5.91 Å². The van der Waals surface area contributed by atoms with Crippen LogP contribution in [-0.4, -0.2) is 42.5 Å². The first-order chi connectivity index (χ1) is 8.58. The van der Waals surface area contributed by atoms with Gasteiger partial charge in [0.2, 0.25) is 0 Å². The van der Waals surface area contributed by atoms with Gasteiger partial charge in [-0.15, -0.1) is 0 Å². The Morgan fingerprint density at radius 2 is 2.28 bits per heavy atom. The Morgan fingerprint density at radius 3 is 3.00 bits per heavy atom. The molecule has 1 aromatic heterocycles. The van der Waals surface area contributed by atoms with Gasteiger partial charge in [-0.3, -0.25) is 4.79 Å². The highest BCUT2D eigenvalue weighted by atomic mass is 16.1. The zero-order valence-corrected chi connectivity index (χ0v) is 10.9. The van der Waals surface area contributed by atoms with Crippen LogP contribution in [0.4, 0.5) is 0 Å². The van der Waals surface area contributed by atoms with E-state index in [2.05, 4.69) is 28.2 Å². The Kier molecular flexibility index (Phi) is 3.67. The second-order valence-corrected chi connectivity index (χ2v) is 4.72. The van der Waals surface area contributed by atoms with Crippen molar-refractivity contribution in [3.8, 4) is 0 Å². The zero-order chi connectivity index (χ0) is 13.1. The summed E-state index contributed by atoms with van der Waals surface area (Å²) >= 11 is 0. The summed E-state index contributed by atoms with van der Waals surface area (Å²) in [5.41, 5.74) is 1.60. The van der Waals surface area contributed by atoms with Crippen LogP contribution in [0.25, 0.3) is 10.9 Å². The molecule has 0 spiro atoms. The van der Waals surface area contributed by atoms with Gasteiger partial charge in [-0.25, -0.2) is 0 Å². The Balaban J connectivity index is 2.04. The van der Waals surface area contributed by atoms with E-state index < -0.39 is 0 Å². The maximum absolute atomic E-state index is 12.0. The van der Waals surface area contributed by atoms with Crippen LogP contribution in [0.2, 0.25) is 0 Å². The Hall–Kier alpha value is -1.81. The van der Waals surface area contributed by atoms with Gasteiger partial charge in [-0.05, 0) is 33.2 Å². The molecule has 2 rings (SSSR count). The fraction of sp³-hybridized carbons (Fsp3) is 0.357. The second-order valence-electron chi connectivity index (χ2n) is 4.72. The van der Waals surface area contributed by atoms with Gasteiger partial charge in [0.05, 0.1) is 0 Å². The molecule has 4 heteroatoms. The summed E-state index contributed by atoms with van der Waals surface area (Å²) < 4.78 is 0. The Labute approximate surface area is 107 Å². The van der Waals surface area contributed by atoms with Crippen molar-refractivity contribution in [1.29, 1.82) is 0 Å². The van der Waals surface area contributed by atoms with Gasteiger partial charge < -0.3 is 15.2 Å². The molecule has 2 N–H and O–H groups in total. The normalized spacial score (nSPS) is 12.9. The minimum Gasteiger partial charge on any atom is -0.361 e. The summed E-state index contributed by atoms with van der Waals surface area (Å²) in [6.45, 7) is 2.71. The summed E-state index contributed by atoms with van der Waals surface area (Å²) in [5.74, 6) is -0.0415. The molecular formula is C14H18N3O. The molecule has 18 heavy (non-hydrogen) atoms. The lowest BCUT2D eigenvalue weighted by Crippen LogP contribution is -2.38. The number of carbonyl (C=O) groups excluding carboxylic acids is 1. The highest BCUT2D eigenvalue weighted by Crippen LogP contribution is 2.13. The molecule has 2 aromatic rings. The molecule has 0 saturated heterocycles. The minimum absolute atomic E-state index is 0.0415. The maximum atomic E-state index is 12.0. The number of H-pyrrole nitrogens is 1. The number of aromatic nitrogens is 1. The minimum atomic E-state index is -0.0415.